The zero-order valence-electron chi connectivity index (χ0n) is 8.56. The lowest BCUT2D eigenvalue weighted by atomic mass is 10.2. The largest absolute Gasteiger partial charge is 0.326 e. The van der Waals surface area contributed by atoms with E-state index in [1.165, 1.54) is 0 Å². The third-order valence-corrected chi connectivity index (χ3v) is 2.59. The maximum absolute atomic E-state index is 11.1. The Labute approximate surface area is 98.4 Å². The first-order chi connectivity index (χ1) is 7.72. The van der Waals surface area contributed by atoms with Crippen molar-refractivity contribution in [3.05, 3.63) is 53.9 Å². The maximum atomic E-state index is 11.1. The average molecular weight is 235 g/mol. The highest BCUT2D eigenvalue weighted by Gasteiger charge is 2.08. The molecule has 82 valence electrons. The second kappa shape index (κ2) is 4.51. The van der Waals surface area contributed by atoms with Crippen LogP contribution in [0.1, 0.15) is 16.1 Å². The molecule has 0 spiro atoms. The van der Waals surface area contributed by atoms with Crippen LogP contribution in [-0.2, 0) is 6.54 Å². The van der Waals surface area contributed by atoms with E-state index in [0.717, 1.165) is 11.3 Å². The smallest absolute Gasteiger partial charge is 0.269 e. The highest BCUT2D eigenvalue weighted by atomic mass is 35.5. The molecule has 1 aromatic heterocycles. The number of benzene rings is 1. The monoisotopic (exact) mass is 234 g/mol. The number of carbonyl (C=O) groups is 1. The fourth-order valence-electron chi connectivity index (χ4n) is 1.56. The molecule has 0 bridgehead atoms. The third kappa shape index (κ3) is 2.01. The highest BCUT2D eigenvalue weighted by Crippen LogP contribution is 2.15. The van der Waals surface area contributed by atoms with E-state index in [9.17, 15) is 4.79 Å². The summed E-state index contributed by atoms with van der Waals surface area (Å²) in [4.78, 5) is 11.1. The van der Waals surface area contributed by atoms with Gasteiger partial charge in [-0.1, -0.05) is 12.1 Å². The lowest BCUT2D eigenvalue weighted by molar-refractivity contribution is 0.107. The molecule has 0 aliphatic heterocycles. The predicted octanol–water partition coefficient (Wildman–Crippen LogP) is 2.32. The Morgan fingerprint density at radius 3 is 2.50 bits per heavy atom. The summed E-state index contributed by atoms with van der Waals surface area (Å²) >= 11 is 5.48. The third-order valence-electron chi connectivity index (χ3n) is 2.40. The average Bonchev–Trinajstić information content (AvgIpc) is 2.78. The van der Waals surface area contributed by atoms with Crippen LogP contribution in [0.25, 0.3) is 5.69 Å². The van der Waals surface area contributed by atoms with Crippen LogP contribution in [-0.4, -0.2) is 9.81 Å². The number of nitrogens with zero attached hydrogens (tertiary/aromatic N) is 1. The van der Waals surface area contributed by atoms with Crippen molar-refractivity contribution in [2.45, 2.75) is 6.54 Å². The Balaban J connectivity index is 2.42. The molecule has 1 heterocycles. The summed E-state index contributed by atoms with van der Waals surface area (Å²) in [5.74, 6) is 0. The van der Waals surface area contributed by atoms with Crippen molar-refractivity contribution in [1.29, 1.82) is 0 Å². The Hall–Kier alpha value is -1.58. The molecular formula is C12H11ClN2O. The molecule has 0 unspecified atom stereocenters. The fourth-order valence-corrected chi connectivity index (χ4v) is 1.71. The van der Waals surface area contributed by atoms with Crippen LogP contribution >= 0.6 is 11.6 Å². The summed E-state index contributed by atoms with van der Waals surface area (Å²) in [6.07, 6.45) is 1.80. The molecule has 16 heavy (non-hydrogen) atoms. The summed E-state index contributed by atoms with van der Waals surface area (Å²) in [5, 5.41) is -0.465. The molecule has 2 rings (SSSR count). The quantitative estimate of drug-likeness (QED) is 0.829. The summed E-state index contributed by atoms with van der Waals surface area (Å²) in [6.45, 7) is 0.507. The SMILES string of the molecule is NCc1ccc(-n2cccc2C(=O)Cl)cc1. The molecule has 0 aliphatic rings. The van der Waals surface area contributed by atoms with E-state index in [1.54, 1.807) is 22.9 Å². The number of halogens is 1. The summed E-state index contributed by atoms with van der Waals surface area (Å²) < 4.78 is 1.75. The molecule has 1 aromatic carbocycles. The minimum absolute atomic E-state index is 0.460. The first-order valence-corrected chi connectivity index (χ1v) is 5.26. The van der Waals surface area contributed by atoms with E-state index in [-0.39, 0.29) is 0 Å². The molecule has 0 amide bonds. The van der Waals surface area contributed by atoms with Crippen molar-refractivity contribution in [2.75, 3.05) is 0 Å². The van der Waals surface area contributed by atoms with E-state index in [4.69, 9.17) is 17.3 Å². The van der Waals surface area contributed by atoms with Crippen molar-refractivity contribution in [2.24, 2.45) is 5.73 Å². The molecule has 2 N–H and O–H groups in total. The molecule has 0 atom stereocenters. The number of hydrogen-bond donors (Lipinski definition) is 1. The number of aromatic nitrogens is 1. The van der Waals surface area contributed by atoms with Gasteiger partial charge in [0.05, 0.1) is 0 Å². The molecule has 4 heteroatoms. The molecule has 0 aliphatic carbocycles. The lowest BCUT2D eigenvalue weighted by Gasteiger charge is -2.06. The minimum Gasteiger partial charge on any atom is -0.326 e. The normalized spacial score (nSPS) is 10.4. The van der Waals surface area contributed by atoms with Gasteiger partial charge in [0.2, 0.25) is 0 Å². The van der Waals surface area contributed by atoms with E-state index < -0.39 is 5.24 Å². The number of rotatable bonds is 3. The van der Waals surface area contributed by atoms with Crippen LogP contribution in [0, 0.1) is 0 Å². The summed E-state index contributed by atoms with van der Waals surface area (Å²) in [5.41, 5.74) is 7.92. The molecule has 2 aromatic rings. The van der Waals surface area contributed by atoms with E-state index >= 15 is 0 Å². The van der Waals surface area contributed by atoms with Gasteiger partial charge in [0, 0.05) is 18.4 Å². The zero-order valence-corrected chi connectivity index (χ0v) is 9.32. The van der Waals surface area contributed by atoms with Crippen molar-refractivity contribution in [1.82, 2.24) is 4.57 Å². The predicted molar refractivity (Wildman–Crippen MR) is 63.8 cm³/mol. The van der Waals surface area contributed by atoms with Crippen LogP contribution in [0.2, 0.25) is 0 Å². The molecular weight excluding hydrogens is 224 g/mol. The van der Waals surface area contributed by atoms with Gasteiger partial charge in [-0.2, -0.15) is 0 Å². The van der Waals surface area contributed by atoms with Gasteiger partial charge in [-0.15, -0.1) is 0 Å². The molecule has 0 saturated carbocycles. The summed E-state index contributed by atoms with van der Waals surface area (Å²) in [6, 6.07) is 11.1. The second-order valence-corrected chi connectivity index (χ2v) is 3.75. The van der Waals surface area contributed by atoms with Crippen LogP contribution in [0.5, 0.6) is 0 Å². The fraction of sp³-hybridized carbons (Fsp3) is 0.0833. The molecule has 3 nitrogen and oxygen atoms in total. The Kier molecular flexibility index (Phi) is 3.08. The second-order valence-electron chi connectivity index (χ2n) is 3.41. The topological polar surface area (TPSA) is 48.0 Å². The Morgan fingerprint density at radius 1 is 1.25 bits per heavy atom. The van der Waals surface area contributed by atoms with Crippen LogP contribution in [0.15, 0.2) is 42.6 Å². The van der Waals surface area contributed by atoms with E-state index in [2.05, 4.69) is 0 Å². The summed E-state index contributed by atoms with van der Waals surface area (Å²) in [7, 11) is 0. The number of nitrogens with two attached hydrogens (primary N) is 1. The van der Waals surface area contributed by atoms with Crippen LogP contribution < -0.4 is 5.73 Å². The van der Waals surface area contributed by atoms with Gasteiger partial charge in [0.1, 0.15) is 5.69 Å². The van der Waals surface area contributed by atoms with Crippen LogP contribution in [0.4, 0.5) is 0 Å². The lowest BCUT2D eigenvalue weighted by Crippen LogP contribution is -2.02. The number of hydrogen-bond acceptors (Lipinski definition) is 2. The van der Waals surface area contributed by atoms with Gasteiger partial charge < -0.3 is 10.3 Å². The Morgan fingerprint density at radius 2 is 1.94 bits per heavy atom. The molecule has 0 fully saturated rings. The van der Waals surface area contributed by atoms with Crippen molar-refractivity contribution in [3.63, 3.8) is 0 Å². The standard InChI is InChI=1S/C12H11ClN2O/c13-12(16)11-2-1-7-15(11)10-5-3-9(8-14)4-6-10/h1-7H,8,14H2. The van der Waals surface area contributed by atoms with Gasteiger partial charge in [0.25, 0.3) is 5.24 Å². The minimum atomic E-state index is -0.465. The van der Waals surface area contributed by atoms with Crippen LogP contribution in [0.3, 0.4) is 0 Å². The van der Waals surface area contributed by atoms with Gasteiger partial charge in [-0.25, -0.2) is 0 Å². The molecule has 0 saturated heterocycles. The first kappa shape index (κ1) is 10.9. The van der Waals surface area contributed by atoms with Crippen molar-refractivity contribution >= 4 is 16.8 Å². The molecule has 0 radical (unpaired) electrons. The first-order valence-electron chi connectivity index (χ1n) is 4.89. The van der Waals surface area contributed by atoms with E-state index in [1.807, 2.05) is 24.3 Å². The highest BCUT2D eigenvalue weighted by molar-refractivity contribution is 6.67. The van der Waals surface area contributed by atoms with Crippen molar-refractivity contribution in [3.8, 4) is 5.69 Å². The number of carbonyl (C=O) groups excluding carboxylic acids is 1. The van der Waals surface area contributed by atoms with Gasteiger partial charge >= 0.3 is 0 Å². The van der Waals surface area contributed by atoms with Gasteiger partial charge in [0.15, 0.2) is 0 Å². The Bertz CT molecular complexity index is 502. The van der Waals surface area contributed by atoms with E-state index in [0.29, 0.717) is 12.2 Å². The van der Waals surface area contributed by atoms with Gasteiger partial charge in [-0.3, -0.25) is 4.79 Å². The van der Waals surface area contributed by atoms with Crippen molar-refractivity contribution < 1.29 is 4.79 Å². The van der Waals surface area contributed by atoms with Gasteiger partial charge in [-0.05, 0) is 41.4 Å². The maximum Gasteiger partial charge on any atom is 0.269 e. The zero-order chi connectivity index (χ0) is 11.5.